The van der Waals surface area contributed by atoms with Crippen LogP contribution in [0.25, 0.3) is 0 Å². The van der Waals surface area contributed by atoms with Crippen LogP contribution in [0.3, 0.4) is 0 Å². The maximum Gasteiger partial charge on any atom is 0.410 e. The highest BCUT2D eigenvalue weighted by molar-refractivity contribution is 7.15. The van der Waals surface area contributed by atoms with Gasteiger partial charge in [-0.05, 0) is 33.6 Å². The highest BCUT2D eigenvalue weighted by Gasteiger charge is 2.29. The Hall–Kier alpha value is -1.30. The molecule has 1 aliphatic carbocycles. The lowest BCUT2D eigenvalue weighted by atomic mass is 10.2. The first-order chi connectivity index (χ1) is 9.40. The van der Waals surface area contributed by atoms with Crippen molar-refractivity contribution in [3.05, 3.63) is 10.6 Å². The van der Waals surface area contributed by atoms with E-state index in [9.17, 15) is 4.79 Å². The Bertz CT molecular complexity index is 517. The van der Waals surface area contributed by atoms with E-state index in [2.05, 4.69) is 10.3 Å². The molecule has 3 rings (SSSR count). The number of nitrogens with one attached hydrogen (secondary N) is 1. The van der Waals surface area contributed by atoms with Gasteiger partial charge < -0.3 is 15.0 Å². The van der Waals surface area contributed by atoms with E-state index in [1.807, 2.05) is 20.8 Å². The number of thiazole rings is 1. The number of carbonyl (C=O) groups is 1. The van der Waals surface area contributed by atoms with Crippen LogP contribution in [0, 0.1) is 0 Å². The average molecular weight is 295 g/mol. The number of amides is 1. The maximum absolute atomic E-state index is 12.1. The van der Waals surface area contributed by atoms with Crippen molar-refractivity contribution < 1.29 is 9.53 Å². The average Bonchev–Trinajstić information content (AvgIpc) is 3.04. The van der Waals surface area contributed by atoms with Gasteiger partial charge in [-0.15, -0.1) is 0 Å². The fourth-order valence-electron chi connectivity index (χ4n) is 2.14. The number of aromatic nitrogens is 1. The summed E-state index contributed by atoms with van der Waals surface area (Å²) in [5, 5.41) is 4.43. The predicted molar refractivity (Wildman–Crippen MR) is 79.1 cm³/mol. The SMILES string of the molecule is CC(C)(C)OC(=O)N1CCc2nc(NC3CC3)sc2C1. The number of ether oxygens (including phenoxy) is 1. The van der Waals surface area contributed by atoms with Crippen LogP contribution >= 0.6 is 11.3 Å². The smallest absolute Gasteiger partial charge is 0.410 e. The molecule has 1 N–H and O–H groups in total. The number of hydrogen-bond acceptors (Lipinski definition) is 5. The Morgan fingerprint density at radius 2 is 2.20 bits per heavy atom. The largest absolute Gasteiger partial charge is 0.444 e. The van der Waals surface area contributed by atoms with Crippen LogP contribution in [0.2, 0.25) is 0 Å². The van der Waals surface area contributed by atoms with Gasteiger partial charge in [-0.2, -0.15) is 0 Å². The summed E-state index contributed by atoms with van der Waals surface area (Å²) in [4.78, 5) is 19.7. The lowest BCUT2D eigenvalue weighted by molar-refractivity contribution is 0.0226. The zero-order valence-corrected chi connectivity index (χ0v) is 13.0. The van der Waals surface area contributed by atoms with E-state index >= 15 is 0 Å². The fraction of sp³-hybridized carbons (Fsp3) is 0.714. The van der Waals surface area contributed by atoms with Gasteiger partial charge in [0.05, 0.1) is 12.2 Å². The summed E-state index contributed by atoms with van der Waals surface area (Å²) >= 11 is 1.67. The van der Waals surface area contributed by atoms with E-state index in [-0.39, 0.29) is 6.09 Å². The first kappa shape index (κ1) is 13.7. The van der Waals surface area contributed by atoms with Crippen molar-refractivity contribution >= 4 is 22.6 Å². The van der Waals surface area contributed by atoms with Crippen LogP contribution in [-0.4, -0.2) is 34.2 Å². The third-order valence-electron chi connectivity index (χ3n) is 3.29. The molecular weight excluding hydrogens is 274 g/mol. The van der Waals surface area contributed by atoms with Crippen LogP contribution < -0.4 is 5.32 Å². The second-order valence-corrected chi connectivity index (χ2v) is 7.54. The molecule has 0 saturated heterocycles. The van der Waals surface area contributed by atoms with Gasteiger partial charge in [-0.1, -0.05) is 11.3 Å². The molecule has 1 aliphatic heterocycles. The Kier molecular flexibility index (Phi) is 3.36. The van der Waals surface area contributed by atoms with Crippen molar-refractivity contribution in [1.82, 2.24) is 9.88 Å². The van der Waals surface area contributed by atoms with Gasteiger partial charge >= 0.3 is 6.09 Å². The van der Waals surface area contributed by atoms with Gasteiger partial charge in [-0.3, -0.25) is 0 Å². The summed E-state index contributed by atoms with van der Waals surface area (Å²) in [6.45, 7) is 6.99. The molecule has 2 aliphatic rings. The summed E-state index contributed by atoms with van der Waals surface area (Å²) in [5.74, 6) is 0. The summed E-state index contributed by atoms with van der Waals surface area (Å²) in [7, 11) is 0. The molecule has 1 fully saturated rings. The Morgan fingerprint density at radius 3 is 2.85 bits per heavy atom. The zero-order chi connectivity index (χ0) is 14.3. The van der Waals surface area contributed by atoms with Crippen molar-refractivity contribution in [3.8, 4) is 0 Å². The summed E-state index contributed by atoms with van der Waals surface area (Å²) < 4.78 is 5.43. The quantitative estimate of drug-likeness (QED) is 0.911. The molecule has 6 heteroatoms. The Labute approximate surface area is 123 Å². The number of rotatable bonds is 2. The minimum Gasteiger partial charge on any atom is -0.444 e. The molecular formula is C14H21N3O2S. The molecule has 2 heterocycles. The van der Waals surface area contributed by atoms with Gasteiger partial charge in [0.15, 0.2) is 5.13 Å². The molecule has 1 amide bonds. The standard InChI is InChI=1S/C14H21N3O2S/c1-14(2,3)19-13(18)17-7-6-10-11(8-17)20-12(16-10)15-9-4-5-9/h9H,4-8H2,1-3H3,(H,15,16). The van der Waals surface area contributed by atoms with Gasteiger partial charge in [0, 0.05) is 23.9 Å². The van der Waals surface area contributed by atoms with Gasteiger partial charge in [0.1, 0.15) is 5.60 Å². The molecule has 0 radical (unpaired) electrons. The predicted octanol–water partition coefficient (Wildman–Crippen LogP) is 3.01. The van der Waals surface area contributed by atoms with Gasteiger partial charge in [0.2, 0.25) is 0 Å². The number of anilines is 1. The van der Waals surface area contributed by atoms with Crippen molar-refractivity contribution in [2.24, 2.45) is 0 Å². The molecule has 20 heavy (non-hydrogen) atoms. The van der Waals surface area contributed by atoms with Crippen molar-refractivity contribution in [3.63, 3.8) is 0 Å². The van der Waals surface area contributed by atoms with Crippen molar-refractivity contribution in [1.29, 1.82) is 0 Å². The minimum atomic E-state index is -0.441. The molecule has 1 aromatic rings. The summed E-state index contributed by atoms with van der Waals surface area (Å²) in [6.07, 6.45) is 3.08. The molecule has 110 valence electrons. The van der Waals surface area contributed by atoms with E-state index in [0.29, 0.717) is 19.1 Å². The molecule has 0 unspecified atom stereocenters. The van der Waals surface area contributed by atoms with Gasteiger partial charge in [0.25, 0.3) is 0 Å². The molecule has 0 atom stereocenters. The van der Waals surface area contributed by atoms with E-state index < -0.39 is 5.60 Å². The number of nitrogens with zero attached hydrogens (tertiary/aromatic N) is 2. The molecule has 1 saturated carbocycles. The van der Waals surface area contributed by atoms with Crippen LogP contribution in [0.1, 0.15) is 44.2 Å². The highest BCUT2D eigenvalue weighted by Crippen LogP contribution is 2.32. The number of fused-ring (bicyclic) bond motifs is 1. The summed E-state index contributed by atoms with van der Waals surface area (Å²) in [5.41, 5.74) is 0.696. The second-order valence-electron chi connectivity index (χ2n) is 6.46. The maximum atomic E-state index is 12.1. The topological polar surface area (TPSA) is 54.5 Å². The number of hydrogen-bond donors (Lipinski definition) is 1. The molecule has 0 spiro atoms. The van der Waals surface area contributed by atoms with Crippen LogP contribution in [-0.2, 0) is 17.7 Å². The monoisotopic (exact) mass is 295 g/mol. The van der Waals surface area contributed by atoms with Crippen molar-refractivity contribution in [2.45, 2.75) is 58.2 Å². The third kappa shape index (κ3) is 3.23. The van der Waals surface area contributed by atoms with Crippen molar-refractivity contribution in [2.75, 3.05) is 11.9 Å². The molecule has 0 aromatic carbocycles. The van der Waals surface area contributed by atoms with E-state index in [0.717, 1.165) is 17.2 Å². The normalized spacial score (nSPS) is 18.6. The minimum absolute atomic E-state index is 0.228. The van der Waals surface area contributed by atoms with Crippen LogP contribution in [0.15, 0.2) is 0 Å². The fourth-order valence-corrected chi connectivity index (χ4v) is 3.24. The molecule has 1 aromatic heterocycles. The first-order valence-electron chi connectivity index (χ1n) is 7.14. The van der Waals surface area contributed by atoms with Crippen LogP contribution in [0.5, 0.6) is 0 Å². The summed E-state index contributed by atoms with van der Waals surface area (Å²) in [6, 6.07) is 0.615. The Morgan fingerprint density at radius 1 is 1.45 bits per heavy atom. The first-order valence-corrected chi connectivity index (χ1v) is 7.95. The molecule has 0 bridgehead atoms. The third-order valence-corrected chi connectivity index (χ3v) is 4.30. The lowest BCUT2D eigenvalue weighted by Crippen LogP contribution is -2.39. The van der Waals surface area contributed by atoms with E-state index in [4.69, 9.17) is 4.74 Å². The lowest BCUT2D eigenvalue weighted by Gasteiger charge is -2.29. The molecule has 5 nitrogen and oxygen atoms in total. The van der Waals surface area contributed by atoms with Crippen LogP contribution in [0.4, 0.5) is 9.93 Å². The van der Waals surface area contributed by atoms with E-state index in [1.165, 1.54) is 17.7 Å². The number of carbonyl (C=O) groups excluding carboxylic acids is 1. The van der Waals surface area contributed by atoms with E-state index in [1.54, 1.807) is 16.2 Å². The van der Waals surface area contributed by atoms with Gasteiger partial charge in [-0.25, -0.2) is 9.78 Å². The zero-order valence-electron chi connectivity index (χ0n) is 12.2. The Balaban J connectivity index is 1.65. The highest BCUT2D eigenvalue weighted by atomic mass is 32.1. The second kappa shape index (κ2) is 4.91.